The predicted octanol–water partition coefficient (Wildman–Crippen LogP) is 2.75. The van der Waals surface area contributed by atoms with E-state index in [9.17, 15) is 14.7 Å². The highest BCUT2D eigenvalue weighted by Gasteiger charge is 2.51. The summed E-state index contributed by atoms with van der Waals surface area (Å²) < 4.78 is 5.21. The average molecular weight is 262 g/mol. The maximum absolute atomic E-state index is 12.5. The van der Waals surface area contributed by atoms with Gasteiger partial charge in [-0.2, -0.15) is 0 Å². The van der Waals surface area contributed by atoms with Gasteiger partial charge in [-0.1, -0.05) is 6.42 Å². The molecule has 0 bridgehead atoms. The molecule has 4 heteroatoms. The number of carbonyl (C=O) groups excluding carboxylic acids is 1. The summed E-state index contributed by atoms with van der Waals surface area (Å²) in [7, 11) is 1.58. The topological polar surface area (TPSA) is 63.6 Å². The molecule has 0 aliphatic heterocycles. The molecule has 0 amide bonds. The molecule has 1 saturated carbocycles. The van der Waals surface area contributed by atoms with Crippen molar-refractivity contribution in [3.63, 3.8) is 0 Å². The van der Waals surface area contributed by atoms with E-state index in [4.69, 9.17) is 4.74 Å². The molecule has 0 atom stereocenters. The van der Waals surface area contributed by atoms with Gasteiger partial charge in [0, 0.05) is 5.56 Å². The molecule has 0 aromatic heterocycles. The number of carboxylic acid groups (broad SMARTS) is 1. The van der Waals surface area contributed by atoms with E-state index < -0.39 is 11.4 Å². The van der Waals surface area contributed by atoms with Gasteiger partial charge in [-0.15, -0.1) is 0 Å². The number of rotatable bonds is 4. The molecule has 0 radical (unpaired) electrons. The summed E-state index contributed by atoms with van der Waals surface area (Å²) in [6, 6.07) is 3.40. The fourth-order valence-corrected chi connectivity index (χ4v) is 2.59. The van der Waals surface area contributed by atoms with Gasteiger partial charge in [-0.05, 0) is 49.9 Å². The minimum atomic E-state index is -1.20. The Balaban J connectivity index is 2.45. The van der Waals surface area contributed by atoms with Crippen LogP contribution in [0.5, 0.6) is 5.75 Å². The van der Waals surface area contributed by atoms with Gasteiger partial charge in [0.25, 0.3) is 0 Å². The lowest BCUT2D eigenvalue weighted by molar-refractivity contribution is -0.150. The van der Waals surface area contributed by atoms with Crippen LogP contribution in [-0.2, 0) is 4.79 Å². The van der Waals surface area contributed by atoms with Crippen LogP contribution in [0.1, 0.15) is 40.7 Å². The summed E-state index contributed by atoms with van der Waals surface area (Å²) in [5.41, 5.74) is 0.983. The molecule has 0 unspecified atom stereocenters. The van der Waals surface area contributed by atoms with Gasteiger partial charge in [-0.3, -0.25) is 9.59 Å². The molecule has 0 saturated heterocycles. The van der Waals surface area contributed by atoms with Crippen molar-refractivity contribution in [2.75, 3.05) is 7.11 Å². The summed E-state index contributed by atoms with van der Waals surface area (Å²) in [6.45, 7) is 3.71. The van der Waals surface area contributed by atoms with E-state index >= 15 is 0 Å². The molecule has 1 fully saturated rings. The monoisotopic (exact) mass is 262 g/mol. The molecule has 2 rings (SSSR count). The van der Waals surface area contributed by atoms with Crippen molar-refractivity contribution >= 4 is 11.8 Å². The first kappa shape index (κ1) is 13.6. The van der Waals surface area contributed by atoms with E-state index in [-0.39, 0.29) is 5.78 Å². The Bertz CT molecular complexity index is 541. The lowest BCUT2D eigenvalue weighted by Crippen LogP contribution is -2.45. The molecule has 1 aromatic carbocycles. The Morgan fingerprint density at radius 3 is 2.26 bits per heavy atom. The smallest absolute Gasteiger partial charge is 0.317 e. The van der Waals surface area contributed by atoms with E-state index in [0.717, 1.165) is 17.5 Å². The highest BCUT2D eigenvalue weighted by Crippen LogP contribution is 2.44. The van der Waals surface area contributed by atoms with E-state index in [2.05, 4.69) is 0 Å². The summed E-state index contributed by atoms with van der Waals surface area (Å²) in [5, 5.41) is 9.33. The fourth-order valence-electron chi connectivity index (χ4n) is 2.59. The Labute approximate surface area is 112 Å². The second-order valence-electron chi connectivity index (χ2n) is 5.14. The van der Waals surface area contributed by atoms with Crippen LogP contribution in [0.3, 0.4) is 0 Å². The first-order chi connectivity index (χ1) is 8.94. The van der Waals surface area contributed by atoms with Gasteiger partial charge >= 0.3 is 5.97 Å². The largest absolute Gasteiger partial charge is 0.496 e. The summed E-state index contributed by atoms with van der Waals surface area (Å²) in [4.78, 5) is 23.9. The maximum Gasteiger partial charge on any atom is 0.317 e. The number of aliphatic carboxylic acids is 1. The van der Waals surface area contributed by atoms with Crippen LogP contribution < -0.4 is 4.74 Å². The van der Waals surface area contributed by atoms with Crippen LogP contribution in [0, 0.1) is 19.3 Å². The number of ketones is 1. The van der Waals surface area contributed by atoms with Gasteiger partial charge in [0.1, 0.15) is 11.2 Å². The number of carbonyl (C=O) groups is 2. The zero-order chi connectivity index (χ0) is 14.2. The summed E-state index contributed by atoms with van der Waals surface area (Å²) >= 11 is 0. The van der Waals surface area contributed by atoms with E-state index in [1.165, 1.54) is 0 Å². The summed E-state index contributed by atoms with van der Waals surface area (Å²) in [5.74, 6) is -0.557. The maximum atomic E-state index is 12.5. The fraction of sp³-hybridized carbons (Fsp3) is 0.467. The van der Waals surface area contributed by atoms with Gasteiger partial charge in [0.2, 0.25) is 0 Å². The molecule has 0 heterocycles. The number of methoxy groups -OCH3 is 1. The van der Waals surface area contributed by atoms with Gasteiger partial charge in [-0.25, -0.2) is 0 Å². The summed E-state index contributed by atoms with van der Waals surface area (Å²) in [6.07, 6.45) is 1.67. The normalized spacial score (nSPS) is 16.6. The van der Waals surface area contributed by atoms with E-state index in [0.29, 0.717) is 24.2 Å². The number of ether oxygens (including phenoxy) is 1. The number of Topliss-reactive ketones (excluding diaryl/α,β-unsaturated/α-hetero) is 1. The van der Waals surface area contributed by atoms with Crippen LogP contribution in [0.15, 0.2) is 12.1 Å². The zero-order valence-corrected chi connectivity index (χ0v) is 11.4. The average Bonchev–Trinajstić information content (AvgIpc) is 2.30. The van der Waals surface area contributed by atoms with Gasteiger partial charge in [0.05, 0.1) is 7.11 Å². The minimum Gasteiger partial charge on any atom is -0.496 e. The van der Waals surface area contributed by atoms with Crippen molar-refractivity contribution in [1.29, 1.82) is 0 Å². The Morgan fingerprint density at radius 2 is 1.84 bits per heavy atom. The quantitative estimate of drug-likeness (QED) is 0.669. The first-order valence-electron chi connectivity index (χ1n) is 6.36. The zero-order valence-electron chi connectivity index (χ0n) is 11.4. The third kappa shape index (κ3) is 1.91. The van der Waals surface area contributed by atoms with Crippen molar-refractivity contribution < 1.29 is 19.4 Å². The molecule has 19 heavy (non-hydrogen) atoms. The highest BCUT2D eigenvalue weighted by molar-refractivity contribution is 6.13. The third-order valence-corrected chi connectivity index (χ3v) is 4.25. The lowest BCUT2D eigenvalue weighted by Gasteiger charge is -2.36. The van der Waals surface area contributed by atoms with Crippen LogP contribution in [-0.4, -0.2) is 24.0 Å². The third-order valence-electron chi connectivity index (χ3n) is 4.25. The molecular formula is C15H18O4. The van der Waals surface area contributed by atoms with Crippen molar-refractivity contribution in [2.45, 2.75) is 33.1 Å². The van der Waals surface area contributed by atoms with Crippen molar-refractivity contribution in [1.82, 2.24) is 0 Å². The molecular weight excluding hydrogens is 244 g/mol. The number of hydrogen-bond donors (Lipinski definition) is 1. The minimum absolute atomic E-state index is 0.269. The Kier molecular flexibility index (Phi) is 3.35. The molecule has 1 aromatic rings. The van der Waals surface area contributed by atoms with Crippen LogP contribution in [0.25, 0.3) is 0 Å². The van der Waals surface area contributed by atoms with Crippen LogP contribution in [0.2, 0.25) is 0 Å². The standard InChI is InChI=1S/C15H18O4/c1-9-10(2)12(19-3)6-5-11(9)13(16)15(14(17)18)7-4-8-15/h5-6H,4,7-8H2,1-3H3,(H,17,18). The number of benzene rings is 1. The van der Waals surface area contributed by atoms with Crippen molar-refractivity contribution in [2.24, 2.45) is 5.41 Å². The SMILES string of the molecule is COc1ccc(C(=O)C2(C(=O)O)CCC2)c(C)c1C. The predicted molar refractivity (Wildman–Crippen MR) is 70.7 cm³/mol. The van der Waals surface area contributed by atoms with Crippen molar-refractivity contribution in [3.05, 3.63) is 28.8 Å². The van der Waals surface area contributed by atoms with Crippen molar-refractivity contribution in [3.8, 4) is 5.75 Å². The highest BCUT2D eigenvalue weighted by atomic mass is 16.5. The second-order valence-corrected chi connectivity index (χ2v) is 5.14. The van der Waals surface area contributed by atoms with Gasteiger partial charge < -0.3 is 9.84 Å². The van der Waals surface area contributed by atoms with Crippen LogP contribution >= 0.6 is 0 Å². The Hall–Kier alpha value is -1.84. The molecule has 4 nitrogen and oxygen atoms in total. The molecule has 1 aliphatic carbocycles. The van der Waals surface area contributed by atoms with Gasteiger partial charge in [0.15, 0.2) is 5.78 Å². The van der Waals surface area contributed by atoms with E-state index in [1.807, 2.05) is 13.8 Å². The van der Waals surface area contributed by atoms with E-state index in [1.54, 1.807) is 19.2 Å². The molecule has 1 N–H and O–H groups in total. The number of hydrogen-bond acceptors (Lipinski definition) is 3. The molecule has 102 valence electrons. The second kappa shape index (κ2) is 4.68. The first-order valence-corrected chi connectivity index (χ1v) is 6.36. The number of carboxylic acids is 1. The molecule has 0 spiro atoms. The lowest BCUT2D eigenvalue weighted by atomic mass is 9.64. The molecule has 1 aliphatic rings. The van der Waals surface area contributed by atoms with Crippen LogP contribution in [0.4, 0.5) is 0 Å². The Morgan fingerprint density at radius 1 is 1.21 bits per heavy atom.